The standard InChI is InChI=1S/C36H61NO5Si2/c1-13-14-15-21-30(38)34-29-20-17-16-19-28(29)27(26-37-34)24-25-32(42-44(11,12)36(5,6)7)31(22-18-23-33(39)40-8)41-43(9,10)35(2,3)4/h16-17,19-20,24-26,30-32,38H,13-15,18,21-23H2,1-12H3/b25-24+/t30?,31-,32+/m0/s1. The molecule has 0 radical (unpaired) electrons. The number of aliphatic hydroxyl groups excluding tert-OH is 1. The summed E-state index contributed by atoms with van der Waals surface area (Å²) >= 11 is 0. The van der Waals surface area contributed by atoms with Crippen LogP contribution in [0.1, 0.15) is 111 Å². The summed E-state index contributed by atoms with van der Waals surface area (Å²) in [5.74, 6) is -0.206. The van der Waals surface area contributed by atoms with E-state index in [4.69, 9.17) is 18.6 Å². The normalized spacial score (nSPS) is 15.5. The van der Waals surface area contributed by atoms with Crippen LogP contribution in [0.25, 0.3) is 16.8 Å². The molecule has 8 heteroatoms. The first kappa shape index (κ1) is 38.3. The maximum absolute atomic E-state index is 12.0. The highest BCUT2D eigenvalue weighted by atomic mass is 28.4. The van der Waals surface area contributed by atoms with Crippen LogP contribution in [0.15, 0.2) is 36.5 Å². The minimum atomic E-state index is -2.21. The van der Waals surface area contributed by atoms with Gasteiger partial charge >= 0.3 is 5.97 Å². The Kier molecular flexibility index (Phi) is 14.0. The molecule has 1 heterocycles. The van der Waals surface area contributed by atoms with E-state index in [1.165, 1.54) is 7.11 Å². The fraction of sp³-hybridized carbons (Fsp3) is 0.667. The monoisotopic (exact) mass is 643 g/mol. The van der Waals surface area contributed by atoms with Crippen molar-refractivity contribution in [1.29, 1.82) is 0 Å². The number of ether oxygens (including phenoxy) is 1. The molecule has 2 rings (SSSR count). The van der Waals surface area contributed by atoms with Crippen LogP contribution in [-0.4, -0.2) is 52.0 Å². The van der Waals surface area contributed by atoms with Crippen molar-refractivity contribution in [2.45, 2.75) is 148 Å². The number of rotatable bonds is 16. The maximum atomic E-state index is 12.0. The van der Waals surface area contributed by atoms with Gasteiger partial charge in [-0.2, -0.15) is 0 Å². The van der Waals surface area contributed by atoms with Crippen molar-refractivity contribution in [2.24, 2.45) is 0 Å². The van der Waals surface area contributed by atoms with Gasteiger partial charge in [0, 0.05) is 23.6 Å². The summed E-state index contributed by atoms with van der Waals surface area (Å²) in [5, 5.41) is 13.1. The van der Waals surface area contributed by atoms with Crippen LogP contribution in [0, 0.1) is 0 Å². The van der Waals surface area contributed by atoms with Gasteiger partial charge in [0.1, 0.15) is 0 Å². The van der Waals surface area contributed by atoms with Gasteiger partial charge in [0.25, 0.3) is 0 Å². The highest BCUT2D eigenvalue weighted by molar-refractivity contribution is 6.74. The Labute approximate surface area is 270 Å². The van der Waals surface area contributed by atoms with Crippen molar-refractivity contribution in [3.8, 4) is 0 Å². The summed E-state index contributed by atoms with van der Waals surface area (Å²) in [6, 6.07) is 8.20. The molecular formula is C36H61NO5Si2. The van der Waals surface area contributed by atoms with Crippen LogP contribution in [-0.2, 0) is 18.4 Å². The SMILES string of the molecule is CCCCCC(O)c1ncc(/C=C/[C@@H](O[Si](C)(C)C(C)(C)C)[C@H](CCCC(=O)OC)O[Si](C)(C)C(C)(C)C)c2ccccc12. The second-order valence-electron chi connectivity index (χ2n) is 15.2. The van der Waals surface area contributed by atoms with Crippen LogP contribution in [0.4, 0.5) is 0 Å². The molecular weight excluding hydrogens is 583 g/mol. The van der Waals surface area contributed by atoms with E-state index in [0.717, 1.165) is 41.3 Å². The minimum absolute atomic E-state index is 0.0104. The number of benzene rings is 1. The van der Waals surface area contributed by atoms with Gasteiger partial charge in [0.15, 0.2) is 16.6 Å². The van der Waals surface area contributed by atoms with Crippen LogP contribution in [0.2, 0.25) is 36.3 Å². The molecule has 0 aliphatic rings. The fourth-order valence-corrected chi connectivity index (χ4v) is 7.34. The van der Waals surface area contributed by atoms with Crippen molar-refractivity contribution >= 4 is 39.5 Å². The third-order valence-corrected chi connectivity index (χ3v) is 18.6. The molecule has 0 aliphatic heterocycles. The molecule has 1 N–H and O–H groups in total. The molecule has 0 aliphatic carbocycles. The molecule has 3 atom stereocenters. The molecule has 0 saturated heterocycles. The Bertz CT molecular complexity index is 1230. The second kappa shape index (κ2) is 16.1. The van der Waals surface area contributed by atoms with Crippen molar-refractivity contribution < 1.29 is 23.5 Å². The number of pyridine rings is 1. The lowest BCUT2D eigenvalue weighted by Gasteiger charge is -2.44. The number of esters is 1. The lowest BCUT2D eigenvalue weighted by Crippen LogP contribution is -2.51. The number of aliphatic hydroxyl groups is 1. The topological polar surface area (TPSA) is 77.9 Å². The molecule has 0 saturated carbocycles. The summed E-state index contributed by atoms with van der Waals surface area (Å²) in [6.45, 7) is 24.8. The maximum Gasteiger partial charge on any atom is 0.305 e. The van der Waals surface area contributed by atoms with E-state index < -0.39 is 22.7 Å². The van der Waals surface area contributed by atoms with Crippen LogP contribution in [0.5, 0.6) is 0 Å². The Morgan fingerprint density at radius 1 is 0.909 bits per heavy atom. The molecule has 0 bridgehead atoms. The number of unbranched alkanes of at least 4 members (excludes halogenated alkanes) is 2. The first-order chi connectivity index (χ1) is 20.3. The lowest BCUT2D eigenvalue weighted by molar-refractivity contribution is -0.140. The van der Waals surface area contributed by atoms with E-state index in [1.807, 2.05) is 18.3 Å². The second-order valence-corrected chi connectivity index (χ2v) is 24.8. The van der Waals surface area contributed by atoms with Crippen LogP contribution >= 0.6 is 0 Å². The molecule has 6 nitrogen and oxygen atoms in total. The number of carbonyl (C=O) groups excluding carboxylic acids is 1. The summed E-state index contributed by atoms with van der Waals surface area (Å²) in [5.41, 5.74) is 1.72. The predicted octanol–water partition coefficient (Wildman–Crippen LogP) is 9.99. The molecule has 1 aromatic carbocycles. The zero-order valence-corrected chi connectivity index (χ0v) is 31.8. The average Bonchev–Trinajstić information content (AvgIpc) is 2.93. The molecule has 0 spiro atoms. The molecule has 1 unspecified atom stereocenters. The molecule has 2 aromatic rings. The third-order valence-electron chi connectivity index (χ3n) is 9.67. The van der Waals surface area contributed by atoms with Gasteiger partial charge in [-0.25, -0.2) is 0 Å². The Balaban J connectivity index is 2.59. The summed E-state index contributed by atoms with van der Waals surface area (Å²) < 4.78 is 19.2. The molecule has 248 valence electrons. The van der Waals surface area contributed by atoms with Crippen LogP contribution < -0.4 is 0 Å². The van der Waals surface area contributed by atoms with Gasteiger partial charge in [-0.05, 0) is 60.9 Å². The van der Waals surface area contributed by atoms with E-state index in [1.54, 1.807) is 0 Å². The largest absolute Gasteiger partial charge is 0.469 e. The highest BCUT2D eigenvalue weighted by Gasteiger charge is 2.44. The van der Waals surface area contributed by atoms with Crippen molar-refractivity contribution in [3.05, 3.63) is 47.8 Å². The molecule has 0 amide bonds. The van der Waals surface area contributed by atoms with E-state index in [2.05, 4.69) is 98.9 Å². The number of hydrogen-bond donors (Lipinski definition) is 1. The minimum Gasteiger partial charge on any atom is -0.469 e. The number of methoxy groups -OCH3 is 1. The average molecular weight is 644 g/mol. The van der Waals surface area contributed by atoms with Crippen molar-refractivity contribution in [1.82, 2.24) is 4.98 Å². The zero-order valence-electron chi connectivity index (χ0n) is 29.8. The summed E-state index contributed by atoms with van der Waals surface area (Å²) in [6.07, 6.45) is 10.6. The Morgan fingerprint density at radius 3 is 2.07 bits per heavy atom. The number of fused-ring (bicyclic) bond motifs is 1. The fourth-order valence-electron chi connectivity index (χ4n) is 4.71. The Hall–Kier alpha value is -1.85. The summed E-state index contributed by atoms with van der Waals surface area (Å²) in [4.78, 5) is 16.8. The number of hydrogen-bond acceptors (Lipinski definition) is 6. The van der Waals surface area contributed by atoms with Gasteiger partial charge in [0.2, 0.25) is 0 Å². The molecule has 44 heavy (non-hydrogen) atoms. The quantitative estimate of drug-likeness (QED) is 0.111. The molecule has 0 fully saturated rings. The number of nitrogens with zero attached hydrogens (tertiary/aromatic N) is 1. The van der Waals surface area contributed by atoms with Crippen molar-refractivity contribution in [2.75, 3.05) is 7.11 Å². The first-order valence-corrected chi connectivity index (χ1v) is 22.3. The van der Waals surface area contributed by atoms with E-state index in [0.29, 0.717) is 25.7 Å². The van der Waals surface area contributed by atoms with Gasteiger partial charge in [0.05, 0.1) is 31.1 Å². The van der Waals surface area contributed by atoms with Gasteiger partial charge < -0.3 is 18.7 Å². The van der Waals surface area contributed by atoms with Crippen LogP contribution in [0.3, 0.4) is 0 Å². The van der Waals surface area contributed by atoms with Gasteiger partial charge in [-0.15, -0.1) is 0 Å². The van der Waals surface area contributed by atoms with Crippen molar-refractivity contribution in [3.63, 3.8) is 0 Å². The smallest absolute Gasteiger partial charge is 0.305 e. The number of carbonyl (C=O) groups is 1. The van der Waals surface area contributed by atoms with Gasteiger partial charge in [-0.3, -0.25) is 9.78 Å². The molecule has 1 aromatic heterocycles. The van der Waals surface area contributed by atoms with Gasteiger partial charge in [-0.1, -0.05) is 104 Å². The third kappa shape index (κ3) is 10.6. The summed E-state index contributed by atoms with van der Waals surface area (Å²) in [7, 11) is -2.95. The van der Waals surface area contributed by atoms with E-state index in [-0.39, 0.29) is 28.3 Å². The zero-order chi connectivity index (χ0) is 33.3. The highest BCUT2D eigenvalue weighted by Crippen LogP contribution is 2.41. The Morgan fingerprint density at radius 2 is 1.50 bits per heavy atom. The lowest BCUT2D eigenvalue weighted by atomic mass is 9.99. The predicted molar refractivity (Wildman–Crippen MR) is 190 cm³/mol. The van der Waals surface area contributed by atoms with E-state index in [9.17, 15) is 9.90 Å². The van der Waals surface area contributed by atoms with E-state index >= 15 is 0 Å². The first-order valence-electron chi connectivity index (χ1n) is 16.5. The number of aromatic nitrogens is 1.